The molecule has 0 radical (unpaired) electrons. The molecule has 0 aromatic heterocycles. The summed E-state index contributed by atoms with van der Waals surface area (Å²) in [5.74, 6) is -9.51. The van der Waals surface area contributed by atoms with E-state index in [2.05, 4.69) is 26.6 Å². The van der Waals surface area contributed by atoms with E-state index in [-0.39, 0.29) is 108 Å². The Morgan fingerprint density at radius 1 is 0.836 bits per heavy atom. The van der Waals surface area contributed by atoms with Gasteiger partial charge in [0.2, 0.25) is 35.3 Å². The average molecular weight is 1030 g/mol. The number of rotatable bonds is 22. The maximum absolute atomic E-state index is 14.1. The van der Waals surface area contributed by atoms with Gasteiger partial charge in [-0.3, -0.25) is 38.4 Å². The number of nitrogens with one attached hydrogen (secondary N) is 5. The van der Waals surface area contributed by atoms with Gasteiger partial charge in [0.05, 0.1) is 42.0 Å². The summed E-state index contributed by atoms with van der Waals surface area (Å²) in [6.07, 6.45) is -7.91. The summed E-state index contributed by atoms with van der Waals surface area (Å²) in [7, 11) is 1.28. The molecule has 2 aromatic carbocycles. The van der Waals surface area contributed by atoms with Crippen molar-refractivity contribution in [2.75, 3.05) is 20.3 Å². The molecule has 24 heteroatoms. The first-order valence-corrected chi connectivity index (χ1v) is 23.7. The summed E-state index contributed by atoms with van der Waals surface area (Å²) in [4.78, 5) is 117. The second-order valence-corrected chi connectivity index (χ2v) is 19.3. The molecule has 73 heavy (non-hydrogen) atoms. The van der Waals surface area contributed by atoms with Crippen molar-refractivity contribution in [1.29, 1.82) is 0 Å². The largest absolute Gasteiger partial charge is 1.00 e. The Hall–Kier alpha value is -5.53. The summed E-state index contributed by atoms with van der Waals surface area (Å²) in [6.45, 7) is 8.75. The van der Waals surface area contributed by atoms with Crippen LogP contribution in [0.2, 0.25) is 0 Å². The van der Waals surface area contributed by atoms with Gasteiger partial charge in [0, 0.05) is 61.3 Å². The van der Waals surface area contributed by atoms with E-state index in [0.717, 1.165) is 0 Å². The minimum atomic E-state index is -2.44. The summed E-state index contributed by atoms with van der Waals surface area (Å²) < 4.78 is 17.6. The number of aliphatic carboxylic acids is 1. The number of phenolic OH excluding ortho intramolecular Hbond substituents is 2. The first-order chi connectivity index (χ1) is 33.8. The van der Waals surface area contributed by atoms with Crippen LogP contribution < -0.4 is 66.0 Å². The second kappa shape index (κ2) is 25.6. The smallest absolute Gasteiger partial charge is 0.550 e. The van der Waals surface area contributed by atoms with E-state index >= 15 is 0 Å². The molecule has 1 fully saturated rings. The third-order valence-electron chi connectivity index (χ3n) is 12.8. The zero-order valence-electron chi connectivity index (χ0n) is 42.1. The number of aliphatic hydroxyl groups is 3. The number of fused-ring (bicyclic) bond motifs is 3. The number of methoxy groups -OCH3 is 1. The molecule has 3 unspecified atom stereocenters. The number of aliphatic hydroxyl groups excluding tert-OH is 2. The quantitative estimate of drug-likeness (QED) is 0.0337. The predicted molar refractivity (Wildman–Crippen MR) is 248 cm³/mol. The monoisotopic (exact) mass is 1030 g/mol. The Kier molecular flexibility index (Phi) is 21.1. The molecule has 2 aromatic rings. The molecule has 1 saturated heterocycles. The number of Topliss-reactive ketones (excluding diaryl/α,β-unsaturated/α-hetero) is 1. The van der Waals surface area contributed by atoms with Gasteiger partial charge in [-0.05, 0) is 51.0 Å². The molecule has 23 nitrogen and oxygen atoms in total. The molecule has 10 N–H and O–H groups in total. The van der Waals surface area contributed by atoms with Crippen LogP contribution in [0.4, 0.5) is 0 Å². The Morgan fingerprint density at radius 3 is 2.07 bits per heavy atom. The van der Waals surface area contributed by atoms with Crippen molar-refractivity contribution in [1.82, 2.24) is 26.6 Å². The van der Waals surface area contributed by atoms with Crippen LogP contribution in [0, 0.1) is 11.8 Å². The molecule has 3 aliphatic rings. The van der Waals surface area contributed by atoms with Crippen LogP contribution in [0.15, 0.2) is 18.2 Å². The van der Waals surface area contributed by atoms with Crippen LogP contribution in [0.3, 0.4) is 0 Å². The first-order valence-electron chi connectivity index (χ1n) is 23.7. The molecular weight excluding hydrogens is 970 g/mol. The molecule has 0 saturated carbocycles. The van der Waals surface area contributed by atoms with E-state index in [4.69, 9.17) is 14.2 Å². The topological polar surface area (TPSA) is 366 Å². The molecule has 5 amide bonds. The van der Waals surface area contributed by atoms with E-state index in [0.29, 0.717) is 0 Å². The van der Waals surface area contributed by atoms with Crippen LogP contribution in [-0.4, -0.2) is 147 Å². The summed E-state index contributed by atoms with van der Waals surface area (Å²) >= 11 is 0. The van der Waals surface area contributed by atoms with Crippen LogP contribution in [-0.2, 0) is 49.5 Å². The van der Waals surface area contributed by atoms with Gasteiger partial charge < -0.3 is 76.2 Å². The molecule has 2 aliphatic carbocycles. The van der Waals surface area contributed by atoms with Crippen molar-refractivity contribution in [3.8, 4) is 17.2 Å². The standard InChI is InChI=1S/C49H65N5O18.Na/c1-21(2)15-28(52-34(58)13-14-50-33(57)11-12-35(59)60)47(67)51-23(5)46(66)54-29(16-22(3)4)48(68)53-27-17-36(71-24(6)41(27)61)72-31-19-49(69,32(56)20-55)18-26-38(31)45(65)40-39(43(26)63)42(62)25-9-8-10-30(70-7)37(25)44(40)64;/h8-10,21-24,27-29,31,36,41,55,61,63,65,69H,11-20H2,1-7H3,(H,50,57)(H,51,67)(H,52,58)(H,53,68)(H,54,66)(H,59,60);/q;+1/p-1/t23?,24-,27-,28?,29?,31-,36-,41+,49-;/m0./s1. The second-order valence-electron chi connectivity index (χ2n) is 19.3. The molecule has 1 aliphatic heterocycles. The molecule has 1 heterocycles. The van der Waals surface area contributed by atoms with Crippen molar-refractivity contribution >= 4 is 52.9 Å². The van der Waals surface area contributed by atoms with Crippen molar-refractivity contribution in [3.05, 3.63) is 51.6 Å². The minimum absolute atomic E-state index is 0. The van der Waals surface area contributed by atoms with Gasteiger partial charge in [0.1, 0.15) is 53.7 Å². The molecule has 394 valence electrons. The number of ketones is 3. The normalized spacial score (nSPS) is 22.3. The number of aromatic hydroxyl groups is 2. The predicted octanol–water partition coefficient (Wildman–Crippen LogP) is -4.23. The fraction of sp³-hybridized carbons (Fsp3) is 0.571. The van der Waals surface area contributed by atoms with Gasteiger partial charge in [-0.15, -0.1) is 0 Å². The van der Waals surface area contributed by atoms with Crippen molar-refractivity contribution < 1.29 is 118 Å². The zero-order valence-corrected chi connectivity index (χ0v) is 44.1. The number of hydrogen-bond donors (Lipinski definition) is 10. The number of phenols is 2. The number of carboxylic acid groups (broad SMARTS) is 1. The van der Waals surface area contributed by atoms with Crippen molar-refractivity contribution in [3.63, 3.8) is 0 Å². The number of amides is 5. The summed E-state index contributed by atoms with van der Waals surface area (Å²) in [5, 5.41) is 80.0. The first kappa shape index (κ1) is 60.0. The third kappa shape index (κ3) is 14.2. The number of ether oxygens (including phenoxy) is 3. The van der Waals surface area contributed by atoms with Gasteiger partial charge in [0.25, 0.3) is 0 Å². The van der Waals surface area contributed by atoms with E-state index in [9.17, 15) is 73.8 Å². The number of hydrogen-bond acceptors (Lipinski definition) is 18. The maximum atomic E-state index is 14.1. The number of carbonyl (C=O) groups is 9. The summed E-state index contributed by atoms with van der Waals surface area (Å²) in [6, 6.07) is -0.489. The SMILES string of the molecule is COc1cccc2c1C(=O)c1c(O)c3c(c(O)c1C2=O)C[C@@](O)(C(=O)CO)C[C@@H]3O[C@H]1C[C@H](NC(=O)C(CC(C)C)NC(=O)C(C)NC(=O)C(CC(C)C)NC(=O)CCNC(=O)CCC(=O)[O-])[C@H](O)[C@H](C)O1.[Na+]. The van der Waals surface area contributed by atoms with Crippen molar-refractivity contribution in [2.24, 2.45) is 11.8 Å². The van der Waals surface area contributed by atoms with E-state index in [1.165, 1.54) is 39.2 Å². The van der Waals surface area contributed by atoms with Gasteiger partial charge >= 0.3 is 29.6 Å². The van der Waals surface area contributed by atoms with E-state index < -0.39 is 156 Å². The fourth-order valence-electron chi connectivity index (χ4n) is 9.11. The maximum Gasteiger partial charge on any atom is 1.00 e. The third-order valence-corrected chi connectivity index (χ3v) is 12.8. The number of carbonyl (C=O) groups excluding carboxylic acids is 9. The zero-order chi connectivity index (χ0) is 53.5. The van der Waals surface area contributed by atoms with Crippen LogP contribution in [0.5, 0.6) is 17.2 Å². The van der Waals surface area contributed by atoms with E-state index in [1.807, 2.05) is 13.8 Å². The van der Waals surface area contributed by atoms with Crippen LogP contribution in [0.25, 0.3) is 0 Å². The number of carboxylic acids is 1. The molecule has 0 bridgehead atoms. The van der Waals surface area contributed by atoms with Gasteiger partial charge in [-0.25, -0.2) is 0 Å². The van der Waals surface area contributed by atoms with Crippen LogP contribution in [0.1, 0.15) is 136 Å². The van der Waals surface area contributed by atoms with Crippen molar-refractivity contribution in [2.45, 2.75) is 147 Å². The molecule has 9 atom stereocenters. The Labute approximate surface area is 443 Å². The Bertz CT molecular complexity index is 2470. The Morgan fingerprint density at radius 2 is 1.47 bits per heavy atom. The van der Waals surface area contributed by atoms with Crippen LogP contribution >= 0.6 is 0 Å². The average Bonchev–Trinajstić information content (AvgIpc) is 3.31. The Balaban J connectivity index is 0.0000116. The molecular formula is C49H64N5NaO18. The van der Waals surface area contributed by atoms with E-state index in [1.54, 1.807) is 13.8 Å². The molecule has 0 spiro atoms. The fourth-order valence-corrected chi connectivity index (χ4v) is 9.11. The van der Waals surface area contributed by atoms with Gasteiger partial charge in [-0.2, -0.15) is 0 Å². The van der Waals surface area contributed by atoms with Gasteiger partial charge in [0.15, 0.2) is 17.9 Å². The molecule has 5 rings (SSSR count). The number of benzene rings is 2. The summed E-state index contributed by atoms with van der Waals surface area (Å²) in [5.41, 5.74) is -4.51. The van der Waals surface area contributed by atoms with Gasteiger partial charge in [-0.1, -0.05) is 39.8 Å². The minimum Gasteiger partial charge on any atom is -0.550 e.